The molecule has 0 radical (unpaired) electrons. The Morgan fingerprint density at radius 3 is 2.29 bits per heavy atom. The molecule has 0 saturated carbocycles. The molecule has 5 aromatic carbocycles. The third kappa shape index (κ3) is 5.28. The van der Waals surface area contributed by atoms with Gasteiger partial charge in [-0.3, -0.25) is 14.5 Å². The Labute approximate surface area is 345 Å². The second-order valence-electron chi connectivity index (χ2n) is 17.7. The molecule has 0 bridgehead atoms. The van der Waals surface area contributed by atoms with Crippen molar-refractivity contribution in [1.82, 2.24) is 14.5 Å². The molecule has 2 atom stereocenters. The number of nitrogens with zero attached hydrogens (tertiary/aromatic N) is 5. The zero-order chi connectivity index (χ0) is 40.5. The first-order valence-corrected chi connectivity index (χ1v) is 20.8. The minimum absolute atomic E-state index is 0.0307. The van der Waals surface area contributed by atoms with Crippen molar-refractivity contribution in [3.8, 4) is 28.4 Å². The molecule has 1 aliphatic carbocycles. The van der Waals surface area contributed by atoms with Crippen LogP contribution in [-0.4, -0.2) is 26.4 Å². The van der Waals surface area contributed by atoms with Crippen molar-refractivity contribution < 1.29 is 4.74 Å². The van der Waals surface area contributed by atoms with Crippen LogP contribution in [0.3, 0.4) is 0 Å². The van der Waals surface area contributed by atoms with Gasteiger partial charge in [-0.1, -0.05) is 79.6 Å². The topological polar surface area (TPSA) is 55.5 Å². The molecule has 59 heavy (non-hydrogen) atoms. The fourth-order valence-electron chi connectivity index (χ4n) is 10.6. The Morgan fingerprint density at radius 2 is 1.49 bits per heavy atom. The summed E-state index contributed by atoms with van der Waals surface area (Å²) in [6.45, 7) is 17.9. The largest absolute Gasteiger partial charge is 0.457 e. The molecule has 3 aliphatic rings. The Balaban J connectivity index is 1.10. The normalized spacial score (nSPS) is 17.3. The van der Waals surface area contributed by atoms with Crippen molar-refractivity contribution in [3.05, 3.63) is 177 Å². The average molecular weight is 770 g/mol. The van der Waals surface area contributed by atoms with Crippen LogP contribution in [0.1, 0.15) is 81.1 Å². The Morgan fingerprint density at radius 1 is 0.678 bits per heavy atom. The fraction of sp³-hybridized carbons (Fsp3) is 0.226. The zero-order valence-electron chi connectivity index (χ0n) is 35.0. The maximum atomic E-state index is 7.13. The molecule has 6 nitrogen and oxygen atoms in total. The highest BCUT2D eigenvalue weighted by Crippen LogP contribution is 2.50. The molecular formula is C53H47N5O. The first-order valence-electron chi connectivity index (χ1n) is 20.8. The summed E-state index contributed by atoms with van der Waals surface area (Å²) in [5, 5.41) is 2.44. The highest BCUT2D eigenvalue weighted by Gasteiger charge is 2.45. The van der Waals surface area contributed by atoms with Gasteiger partial charge in [-0.25, -0.2) is 4.98 Å². The summed E-state index contributed by atoms with van der Waals surface area (Å²) in [5.41, 5.74) is 19.8. The van der Waals surface area contributed by atoms with E-state index in [2.05, 4.69) is 156 Å². The molecule has 0 saturated heterocycles. The molecule has 0 spiro atoms. The van der Waals surface area contributed by atoms with Crippen LogP contribution in [0.4, 0.5) is 5.69 Å². The predicted molar refractivity (Wildman–Crippen MR) is 241 cm³/mol. The standard InChI is InChI=1S/C53H47N5O/c1-29-15-16-39-35(22-29)27-45-48(39)56-51(58(45)49-33(5)20-30(2)21-34(49)6)37-24-36(43-14-9-10-18-54-43)25-38(26-37)59-46-28-44-42(23-32(46)4)53(7,8)41-13-11-12-40-47-31(3)17-19-55-52(47)57(44)50(40)41/h9-26,28,45,48H,27H2,1-8H3/t45-,48+/m0/s1. The van der Waals surface area contributed by atoms with Crippen LogP contribution in [0.5, 0.6) is 11.5 Å². The van der Waals surface area contributed by atoms with E-state index in [-0.39, 0.29) is 17.5 Å². The summed E-state index contributed by atoms with van der Waals surface area (Å²) in [6.07, 6.45) is 4.72. The monoisotopic (exact) mass is 769 g/mol. The minimum atomic E-state index is -0.228. The van der Waals surface area contributed by atoms with Crippen LogP contribution >= 0.6 is 0 Å². The van der Waals surface area contributed by atoms with Gasteiger partial charge < -0.3 is 9.64 Å². The molecule has 290 valence electrons. The molecule has 6 heteroatoms. The minimum Gasteiger partial charge on any atom is -0.457 e. The molecule has 5 heterocycles. The highest BCUT2D eigenvalue weighted by molar-refractivity contribution is 6.14. The summed E-state index contributed by atoms with van der Waals surface area (Å²) in [7, 11) is 0. The smallest absolute Gasteiger partial charge is 0.145 e. The van der Waals surface area contributed by atoms with Crippen molar-refractivity contribution in [1.29, 1.82) is 0 Å². The summed E-state index contributed by atoms with van der Waals surface area (Å²) in [6, 6.07) is 37.7. The van der Waals surface area contributed by atoms with Crippen LogP contribution in [0.15, 0.2) is 121 Å². The molecule has 0 fully saturated rings. The lowest BCUT2D eigenvalue weighted by molar-refractivity contribution is 0.477. The number of hydrogen-bond acceptors (Lipinski definition) is 5. The number of amidine groups is 1. The summed E-state index contributed by atoms with van der Waals surface area (Å²) < 4.78 is 9.50. The third-order valence-electron chi connectivity index (χ3n) is 13.2. The number of aliphatic imine (C=N–C) groups is 1. The van der Waals surface area contributed by atoms with E-state index in [0.29, 0.717) is 0 Å². The van der Waals surface area contributed by atoms with Gasteiger partial charge in [-0.15, -0.1) is 0 Å². The number of para-hydroxylation sites is 1. The van der Waals surface area contributed by atoms with E-state index in [1.54, 1.807) is 0 Å². The van der Waals surface area contributed by atoms with Gasteiger partial charge in [-0.2, -0.15) is 0 Å². The first kappa shape index (κ1) is 35.6. The van der Waals surface area contributed by atoms with Gasteiger partial charge in [0.1, 0.15) is 23.0 Å². The van der Waals surface area contributed by atoms with Crippen LogP contribution in [0.25, 0.3) is 38.9 Å². The molecule has 2 aliphatic heterocycles. The van der Waals surface area contributed by atoms with Crippen molar-refractivity contribution >= 4 is 33.5 Å². The highest BCUT2D eigenvalue weighted by atomic mass is 16.5. The van der Waals surface area contributed by atoms with E-state index in [1.165, 1.54) is 72.0 Å². The quantitative estimate of drug-likeness (QED) is 0.175. The SMILES string of the molecule is Cc1cc(C)c(N2C(c3cc(Oc4cc5c(cc4C)C(C)(C)c4cccc6c7c(C)ccnc7n-5c46)cc(-c4ccccn4)c3)=N[C@@H]3c4ccc(C)cc4C[C@@H]32)c(C)c1. The second kappa shape index (κ2) is 12.7. The Hall–Kier alpha value is -6.53. The Kier molecular flexibility index (Phi) is 7.69. The molecule has 11 rings (SSSR count). The average Bonchev–Trinajstić information content (AvgIpc) is 3.86. The van der Waals surface area contributed by atoms with Gasteiger partial charge in [0.25, 0.3) is 0 Å². The van der Waals surface area contributed by atoms with Crippen molar-refractivity contribution in [3.63, 3.8) is 0 Å². The number of benzene rings is 5. The summed E-state index contributed by atoms with van der Waals surface area (Å²) in [5.74, 6) is 2.51. The van der Waals surface area contributed by atoms with Crippen molar-refractivity contribution in [2.24, 2.45) is 4.99 Å². The molecule has 0 unspecified atom stereocenters. The van der Waals surface area contributed by atoms with Crippen molar-refractivity contribution in [2.75, 3.05) is 4.90 Å². The van der Waals surface area contributed by atoms with Crippen LogP contribution in [-0.2, 0) is 11.8 Å². The van der Waals surface area contributed by atoms with E-state index in [0.717, 1.165) is 57.5 Å². The number of hydrogen-bond donors (Lipinski definition) is 0. The van der Waals surface area contributed by atoms with Gasteiger partial charge in [0.2, 0.25) is 0 Å². The van der Waals surface area contributed by atoms with Gasteiger partial charge in [0, 0.05) is 51.5 Å². The van der Waals surface area contributed by atoms with Gasteiger partial charge in [-0.05, 0) is 135 Å². The molecule has 8 aromatic rings. The van der Waals surface area contributed by atoms with Gasteiger partial charge in [0.05, 0.1) is 29.0 Å². The van der Waals surface area contributed by atoms with Gasteiger partial charge in [0.15, 0.2) is 0 Å². The number of aryl methyl sites for hydroxylation is 6. The lowest BCUT2D eigenvalue weighted by Crippen LogP contribution is -2.38. The summed E-state index contributed by atoms with van der Waals surface area (Å²) in [4.78, 5) is 18.0. The van der Waals surface area contributed by atoms with E-state index in [4.69, 9.17) is 19.7 Å². The molecule has 0 N–H and O–H groups in total. The maximum Gasteiger partial charge on any atom is 0.145 e. The predicted octanol–water partition coefficient (Wildman–Crippen LogP) is 12.5. The maximum absolute atomic E-state index is 7.13. The third-order valence-corrected chi connectivity index (χ3v) is 13.2. The van der Waals surface area contributed by atoms with E-state index >= 15 is 0 Å². The van der Waals surface area contributed by atoms with Crippen LogP contribution in [0.2, 0.25) is 0 Å². The number of rotatable bonds is 5. The molecule has 0 amide bonds. The van der Waals surface area contributed by atoms with Crippen LogP contribution in [0, 0.1) is 41.5 Å². The first-order chi connectivity index (χ1) is 28.5. The lowest BCUT2D eigenvalue weighted by atomic mass is 9.74. The lowest BCUT2D eigenvalue weighted by Gasteiger charge is -2.35. The van der Waals surface area contributed by atoms with Crippen molar-refractivity contribution in [2.45, 2.75) is 79.3 Å². The number of ether oxygens (including phenoxy) is 1. The second-order valence-corrected chi connectivity index (χ2v) is 17.7. The van der Waals surface area contributed by atoms with E-state index in [9.17, 15) is 0 Å². The number of pyridine rings is 2. The fourth-order valence-corrected chi connectivity index (χ4v) is 10.6. The molecular weight excluding hydrogens is 723 g/mol. The zero-order valence-corrected chi connectivity index (χ0v) is 35.0. The Bertz CT molecular complexity index is 3090. The number of fused-ring (bicyclic) bond motifs is 8. The van der Waals surface area contributed by atoms with E-state index < -0.39 is 0 Å². The van der Waals surface area contributed by atoms with E-state index in [1.807, 2.05) is 24.5 Å². The number of anilines is 1. The molecule has 3 aromatic heterocycles. The summed E-state index contributed by atoms with van der Waals surface area (Å²) >= 11 is 0. The van der Waals surface area contributed by atoms with Gasteiger partial charge >= 0.3 is 0 Å². The number of aromatic nitrogens is 3. The van der Waals surface area contributed by atoms with Crippen LogP contribution < -0.4 is 9.64 Å².